The van der Waals surface area contributed by atoms with Gasteiger partial charge in [-0.05, 0) is 6.92 Å². The minimum absolute atomic E-state index is 0.0510. The summed E-state index contributed by atoms with van der Waals surface area (Å²) in [6, 6.07) is 0. The number of nitrogens with two attached hydrogens (primary N) is 1. The SMILES string of the molecule is C[C@@H](O)[C@H]1C(=O)N2C(C(=O)O)=C(SCCOC(N)=O)S[C@H]12. The van der Waals surface area contributed by atoms with E-state index in [1.54, 1.807) is 0 Å². The maximum atomic E-state index is 11.9. The highest BCUT2D eigenvalue weighted by Gasteiger charge is 2.57. The first-order chi connectivity index (χ1) is 9.84. The standard InChI is InChI=1S/C11H14N2O6S2/c1-4(14)5-7(15)13-6(9(16)17)10(21-8(5)13)20-3-2-19-11(12)18/h4-5,8,14H,2-3H2,1H3,(H2,12,18)(H,16,17)/t4-,5+,8-/m1/s1. The predicted molar refractivity (Wildman–Crippen MR) is 76.1 cm³/mol. The van der Waals surface area contributed by atoms with Crippen LogP contribution in [0.4, 0.5) is 4.79 Å². The van der Waals surface area contributed by atoms with Crippen molar-refractivity contribution in [2.24, 2.45) is 11.7 Å². The van der Waals surface area contributed by atoms with E-state index >= 15 is 0 Å². The molecule has 2 aliphatic heterocycles. The Balaban J connectivity index is 2.04. The van der Waals surface area contributed by atoms with Crippen LogP contribution in [0.3, 0.4) is 0 Å². The number of aliphatic hydroxyl groups excluding tert-OH is 1. The van der Waals surface area contributed by atoms with Crippen molar-refractivity contribution in [1.82, 2.24) is 4.90 Å². The smallest absolute Gasteiger partial charge is 0.404 e. The van der Waals surface area contributed by atoms with Crippen molar-refractivity contribution in [1.29, 1.82) is 0 Å². The molecule has 2 rings (SSSR count). The fourth-order valence-corrected chi connectivity index (χ4v) is 4.94. The Hall–Kier alpha value is -1.39. The molecule has 10 heteroatoms. The number of hydrogen-bond donors (Lipinski definition) is 3. The molecule has 4 N–H and O–H groups in total. The normalized spacial score (nSPS) is 25.4. The summed E-state index contributed by atoms with van der Waals surface area (Å²) in [6.07, 6.45) is -1.72. The highest BCUT2D eigenvalue weighted by Crippen LogP contribution is 2.53. The van der Waals surface area contributed by atoms with Crippen molar-refractivity contribution in [2.45, 2.75) is 18.4 Å². The minimum atomic E-state index is -1.19. The lowest BCUT2D eigenvalue weighted by molar-refractivity contribution is -0.156. The quantitative estimate of drug-likeness (QED) is 0.456. The topological polar surface area (TPSA) is 130 Å². The van der Waals surface area contributed by atoms with Gasteiger partial charge in [0.1, 0.15) is 12.0 Å². The zero-order valence-electron chi connectivity index (χ0n) is 11.0. The number of hydrogen-bond acceptors (Lipinski definition) is 7. The number of aliphatic hydroxyl groups is 1. The molecule has 3 atom stereocenters. The van der Waals surface area contributed by atoms with E-state index < -0.39 is 24.1 Å². The van der Waals surface area contributed by atoms with E-state index in [0.717, 1.165) is 0 Å². The van der Waals surface area contributed by atoms with Gasteiger partial charge in [-0.3, -0.25) is 9.69 Å². The maximum Gasteiger partial charge on any atom is 0.404 e. The zero-order valence-corrected chi connectivity index (χ0v) is 12.6. The van der Waals surface area contributed by atoms with Crippen LogP contribution in [0.5, 0.6) is 0 Å². The molecule has 0 aliphatic carbocycles. The summed E-state index contributed by atoms with van der Waals surface area (Å²) in [5, 5.41) is 18.4. The van der Waals surface area contributed by atoms with Gasteiger partial charge in [0, 0.05) is 5.75 Å². The number of primary amides is 1. The molecule has 0 aromatic carbocycles. The summed E-state index contributed by atoms with van der Waals surface area (Å²) in [6.45, 7) is 1.56. The van der Waals surface area contributed by atoms with Crippen LogP contribution in [0.15, 0.2) is 9.93 Å². The van der Waals surface area contributed by atoms with Crippen molar-refractivity contribution < 1.29 is 29.3 Å². The van der Waals surface area contributed by atoms with Gasteiger partial charge >= 0.3 is 12.1 Å². The first-order valence-electron chi connectivity index (χ1n) is 6.05. The number of carbonyl (C=O) groups is 3. The van der Waals surface area contributed by atoms with Crippen LogP contribution in [0.1, 0.15) is 6.92 Å². The Morgan fingerprint density at radius 1 is 1.57 bits per heavy atom. The summed E-state index contributed by atoms with van der Waals surface area (Å²) in [5.74, 6) is -1.84. The average molecular weight is 334 g/mol. The van der Waals surface area contributed by atoms with Crippen LogP contribution < -0.4 is 5.73 Å². The fourth-order valence-electron chi connectivity index (χ4n) is 2.13. The van der Waals surface area contributed by atoms with Crippen molar-refractivity contribution in [3.63, 3.8) is 0 Å². The van der Waals surface area contributed by atoms with E-state index in [1.165, 1.54) is 35.3 Å². The first kappa shape index (κ1) is 16.0. The molecule has 2 aliphatic rings. The Morgan fingerprint density at radius 2 is 2.24 bits per heavy atom. The second-order valence-corrected chi connectivity index (χ2v) is 6.93. The number of carbonyl (C=O) groups excluding carboxylic acids is 2. The van der Waals surface area contributed by atoms with Gasteiger partial charge in [-0.2, -0.15) is 0 Å². The number of amides is 2. The lowest BCUT2D eigenvalue weighted by Crippen LogP contribution is -2.60. The lowest BCUT2D eigenvalue weighted by atomic mass is 9.92. The first-order valence-corrected chi connectivity index (χ1v) is 7.91. The van der Waals surface area contributed by atoms with Gasteiger partial charge in [0.15, 0.2) is 5.70 Å². The molecule has 1 saturated heterocycles. The minimum Gasteiger partial charge on any atom is -0.477 e. The zero-order chi connectivity index (χ0) is 15.7. The van der Waals surface area contributed by atoms with Gasteiger partial charge in [-0.25, -0.2) is 9.59 Å². The number of carboxylic acid groups (broad SMARTS) is 1. The second kappa shape index (κ2) is 6.16. The van der Waals surface area contributed by atoms with Gasteiger partial charge in [-0.15, -0.1) is 11.8 Å². The molecule has 0 saturated carbocycles. The third kappa shape index (κ3) is 2.97. The van der Waals surface area contributed by atoms with Crippen LogP contribution in [0, 0.1) is 5.92 Å². The lowest BCUT2D eigenvalue weighted by Gasteiger charge is -2.43. The molecule has 0 unspecified atom stereocenters. The van der Waals surface area contributed by atoms with Crippen LogP contribution >= 0.6 is 23.5 Å². The van der Waals surface area contributed by atoms with Crippen LogP contribution in [-0.2, 0) is 14.3 Å². The van der Waals surface area contributed by atoms with Crippen molar-refractivity contribution in [3.05, 3.63) is 9.93 Å². The molecular weight excluding hydrogens is 320 g/mol. The van der Waals surface area contributed by atoms with E-state index in [2.05, 4.69) is 4.74 Å². The number of rotatable bonds is 6. The number of nitrogens with zero attached hydrogens (tertiary/aromatic N) is 1. The molecule has 2 heterocycles. The maximum absolute atomic E-state index is 11.9. The van der Waals surface area contributed by atoms with E-state index in [1.807, 2.05) is 0 Å². The molecule has 2 amide bonds. The van der Waals surface area contributed by atoms with E-state index in [9.17, 15) is 24.6 Å². The van der Waals surface area contributed by atoms with E-state index in [4.69, 9.17) is 5.73 Å². The van der Waals surface area contributed by atoms with Crippen molar-refractivity contribution >= 4 is 41.5 Å². The van der Waals surface area contributed by atoms with E-state index in [0.29, 0.717) is 9.99 Å². The number of β-lactam (4-membered cyclic amide) rings is 1. The van der Waals surface area contributed by atoms with Gasteiger partial charge in [0.2, 0.25) is 5.91 Å². The summed E-state index contributed by atoms with van der Waals surface area (Å²) in [4.78, 5) is 34.9. The molecule has 0 bridgehead atoms. The highest BCUT2D eigenvalue weighted by atomic mass is 32.2. The molecule has 0 radical (unpaired) electrons. The summed E-state index contributed by atoms with van der Waals surface area (Å²) < 4.78 is 5.03. The molecule has 0 aromatic rings. The Labute approximate surface area is 128 Å². The monoisotopic (exact) mass is 334 g/mol. The van der Waals surface area contributed by atoms with Gasteiger partial charge < -0.3 is 20.7 Å². The number of ether oxygens (including phenoxy) is 1. The molecule has 1 fully saturated rings. The van der Waals surface area contributed by atoms with E-state index in [-0.39, 0.29) is 23.6 Å². The molecule has 116 valence electrons. The van der Waals surface area contributed by atoms with Crippen LogP contribution in [0.25, 0.3) is 0 Å². The number of fused-ring (bicyclic) bond motifs is 1. The summed E-state index contributed by atoms with van der Waals surface area (Å²) in [5.41, 5.74) is 4.75. The third-order valence-corrected chi connectivity index (χ3v) is 5.65. The fraction of sp³-hybridized carbons (Fsp3) is 0.545. The molecule has 0 spiro atoms. The second-order valence-electron chi connectivity index (χ2n) is 4.44. The van der Waals surface area contributed by atoms with Crippen LogP contribution in [0.2, 0.25) is 0 Å². The van der Waals surface area contributed by atoms with Gasteiger partial charge in [-0.1, -0.05) is 11.8 Å². The summed E-state index contributed by atoms with van der Waals surface area (Å²) >= 11 is 2.41. The molecule has 8 nitrogen and oxygen atoms in total. The Morgan fingerprint density at radius 3 is 2.76 bits per heavy atom. The Kier molecular flexibility index (Phi) is 4.69. The predicted octanol–water partition coefficient (Wildman–Crippen LogP) is -0.0193. The highest BCUT2D eigenvalue weighted by molar-refractivity contribution is 8.22. The van der Waals surface area contributed by atoms with Crippen molar-refractivity contribution in [2.75, 3.05) is 12.4 Å². The summed E-state index contributed by atoms with van der Waals surface area (Å²) in [7, 11) is 0. The number of thioether (sulfide) groups is 2. The van der Waals surface area contributed by atoms with Gasteiger partial charge in [0.05, 0.1) is 16.3 Å². The average Bonchev–Trinajstić information content (AvgIpc) is 2.68. The third-order valence-electron chi connectivity index (χ3n) is 3.03. The Bertz CT molecular complexity index is 521. The largest absolute Gasteiger partial charge is 0.477 e. The molecule has 0 aromatic heterocycles. The number of aliphatic carboxylic acids is 1. The molecule has 21 heavy (non-hydrogen) atoms. The molecular formula is C11H14N2O6S2. The number of carboxylic acids is 1. The van der Waals surface area contributed by atoms with Gasteiger partial charge in [0.25, 0.3) is 0 Å². The van der Waals surface area contributed by atoms with Crippen molar-refractivity contribution in [3.8, 4) is 0 Å². The van der Waals surface area contributed by atoms with Crippen LogP contribution in [-0.4, -0.2) is 56.9 Å².